The van der Waals surface area contributed by atoms with Crippen molar-refractivity contribution in [2.75, 3.05) is 26.0 Å². The zero-order valence-electron chi connectivity index (χ0n) is 10.6. The highest BCUT2D eigenvalue weighted by Gasteiger charge is 2.27. The molecule has 98 valence electrons. The fourth-order valence-electron chi connectivity index (χ4n) is 1.90. The third-order valence-corrected chi connectivity index (χ3v) is 4.17. The molecule has 5 heteroatoms. The van der Waals surface area contributed by atoms with E-state index < -0.39 is 0 Å². The van der Waals surface area contributed by atoms with E-state index in [0.29, 0.717) is 6.54 Å². The molecule has 1 saturated heterocycles. The molecule has 1 atom stereocenters. The molecule has 17 heavy (non-hydrogen) atoms. The molecule has 1 aliphatic rings. The van der Waals surface area contributed by atoms with Crippen molar-refractivity contribution in [3.63, 3.8) is 0 Å². The van der Waals surface area contributed by atoms with Gasteiger partial charge in [-0.25, -0.2) is 0 Å². The minimum absolute atomic E-state index is 0.0416. The maximum absolute atomic E-state index is 12.2. The standard InChI is InChI=1S/C12H21NO3S/c1-3-7-13(9-11(14)16-2)12(15)10-6-4-5-8-17-10/h10H,3-9H2,1-2H3. The van der Waals surface area contributed by atoms with Gasteiger partial charge in [-0.1, -0.05) is 13.3 Å². The van der Waals surface area contributed by atoms with Gasteiger partial charge < -0.3 is 9.64 Å². The van der Waals surface area contributed by atoms with E-state index in [9.17, 15) is 9.59 Å². The second kappa shape index (κ2) is 7.58. The molecular weight excluding hydrogens is 238 g/mol. The SMILES string of the molecule is CCCN(CC(=O)OC)C(=O)C1CCCCS1. The molecule has 1 amide bonds. The molecule has 1 aliphatic heterocycles. The largest absolute Gasteiger partial charge is 0.468 e. The molecule has 1 unspecified atom stereocenters. The van der Waals surface area contributed by atoms with Crippen LogP contribution in [0.2, 0.25) is 0 Å². The molecule has 0 spiro atoms. The van der Waals surface area contributed by atoms with Crippen LogP contribution in [0.3, 0.4) is 0 Å². The smallest absolute Gasteiger partial charge is 0.325 e. The highest BCUT2D eigenvalue weighted by Crippen LogP contribution is 2.26. The quantitative estimate of drug-likeness (QED) is 0.705. The molecule has 0 radical (unpaired) electrons. The molecule has 0 saturated carbocycles. The summed E-state index contributed by atoms with van der Waals surface area (Å²) in [7, 11) is 1.35. The fraction of sp³-hybridized carbons (Fsp3) is 0.833. The van der Waals surface area contributed by atoms with Crippen molar-refractivity contribution in [1.82, 2.24) is 4.90 Å². The number of thioether (sulfide) groups is 1. The summed E-state index contributed by atoms with van der Waals surface area (Å²) in [4.78, 5) is 25.1. The monoisotopic (exact) mass is 259 g/mol. The molecule has 0 bridgehead atoms. The Labute approximate surface area is 107 Å². The van der Waals surface area contributed by atoms with Crippen molar-refractivity contribution in [1.29, 1.82) is 0 Å². The van der Waals surface area contributed by atoms with Crippen LogP contribution in [0.25, 0.3) is 0 Å². The Hall–Kier alpha value is -0.710. The van der Waals surface area contributed by atoms with Gasteiger partial charge in [0.15, 0.2) is 0 Å². The summed E-state index contributed by atoms with van der Waals surface area (Å²) < 4.78 is 4.62. The van der Waals surface area contributed by atoms with Crippen molar-refractivity contribution in [2.24, 2.45) is 0 Å². The Morgan fingerprint density at radius 3 is 2.71 bits per heavy atom. The molecular formula is C12H21NO3S. The lowest BCUT2D eigenvalue weighted by molar-refractivity contribution is -0.146. The Balaban J connectivity index is 2.55. The number of esters is 1. The minimum Gasteiger partial charge on any atom is -0.468 e. The third-order valence-electron chi connectivity index (χ3n) is 2.81. The van der Waals surface area contributed by atoms with E-state index in [-0.39, 0.29) is 23.7 Å². The number of carbonyl (C=O) groups excluding carboxylic acids is 2. The summed E-state index contributed by atoms with van der Waals surface area (Å²) in [5.41, 5.74) is 0. The van der Waals surface area contributed by atoms with Gasteiger partial charge in [0.25, 0.3) is 0 Å². The Bertz CT molecular complexity index is 264. The molecule has 1 heterocycles. The zero-order chi connectivity index (χ0) is 12.7. The summed E-state index contributed by atoms with van der Waals surface area (Å²) in [6, 6.07) is 0. The number of carbonyl (C=O) groups is 2. The minimum atomic E-state index is -0.340. The first kappa shape index (κ1) is 14.4. The maximum Gasteiger partial charge on any atom is 0.325 e. The van der Waals surface area contributed by atoms with Gasteiger partial charge in [0.2, 0.25) is 5.91 Å². The summed E-state index contributed by atoms with van der Waals surface area (Å²) in [5.74, 6) is 0.809. The molecule has 1 fully saturated rings. The molecule has 0 aliphatic carbocycles. The van der Waals surface area contributed by atoms with Crippen molar-refractivity contribution < 1.29 is 14.3 Å². The normalized spacial score (nSPS) is 19.8. The topological polar surface area (TPSA) is 46.6 Å². The van der Waals surface area contributed by atoms with E-state index in [0.717, 1.165) is 25.0 Å². The average Bonchev–Trinajstić information content (AvgIpc) is 2.38. The first-order valence-electron chi connectivity index (χ1n) is 6.16. The van der Waals surface area contributed by atoms with Gasteiger partial charge in [-0.3, -0.25) is 9.59 Å². The third kappa shape index (κ3) is 4.58. The van der Waals surface area contributed by atoms with Gasteiger partial charge in [0, 0.05) is 6.54 Å². The lowest BCUT2D eigenvalue weighted by Crippen LogP contribution is -2.42. The molecule has 0 N–H and O–H groups in total. The summed E-state index contributed by atoms with van der Waals surface area (Å²) >= 11 is 1.72. The van der Waals surface area contributed by atoms with Gasteiger partial charge in [0.05, 0.1) is 12.4 Å². The van der Waals surface area contributed by atoms with Crippen LogP contribution in [0.5, 0.6) is 0 Å². The van der Waals surface area contributed by atoms with Crippen molar-refractivity contribution in [3.8, 4) is 0 Å². The van der Waals surface area contributed by atoms with Crippen molar-refractivity contribution in [3.05, 3.63) is 0 Å². The average molecular weight is 259 g/mol. The van der Waals surface area contributed by atoms with Crippen LogP contribution in [0.15, 0.2) is 0 Å². The van der Waals surface area contributed by atoms with Crippen LogP contribution in [-0.2, 0) is 14.3 Å². The second-order valence-electron chi connectivity index (χ2n) is 4.19. The van der Waals surface area contributed by atoms with Crippen LogP contribution in [-0.4, -0.2) is 48.0 Å². The number of amides is 1. The summed E-state index contributed by atoms with van der Waals surface area (Å²) in [6.07, 6.45) is 4.10. The van der Waals surface area contributed by atoms with Gasteiger partial charge in [-0.15, -0.1) is 11.8 Å². The molecule has 4 nitrogen and oxygen atoms in total. The number of ether oxygens (including phenoxy) is 1. The maximum atomic E-state index is 12.2. The Kier molecular flexibility index (Phi) is 6.40. The Morgan fingerprint density at radius 2 is 2.18 bits per heavy atom. The van der Waals surface area contributed by atoms with E-state index in [2.05, 4.69) is 4.74 Å². The van der Waals surface area contributed by atoms with E-state index >= 15 is 0 Å². The summed E-state index contributed by atoms with van der Waals surface area (Å²) in [6.45, 7) is 2.72. The van der Waals surface area contributed by atoms with Crippen LogP contribution in [0, 0.1) is 0 Å². The zero-order valence-corrected chi connectivity index (χ0v) is 11.4. The number of hydrogen-bond donors (Lipinski definition) is 0. The van der Waals surface area contributed by atoms with E-state index in [1.165, 1.54) is 13.5 Å². The highest BCUT2D eigenvalue weighted by molar-refractivity contribution is 8.00. The number of methoxy groups -OCH3 is 1. The van der Waals surface area contributed by atoms with Gasteiger partial charge >= 0.3 is 5.97 Å². The number of rotatable bonds is 5. The van der Waals surface area contributed by atoms with Crippen molar-refractivity contribution >= 4 is 23.6 Å². The van der Waals surface area contributed by atoms with Crippen molar-refractivity contribution in [2.45, 2.75) is 37.9 Å². The lowest BCUT2D eigenvalue weighted by Gasteiger charge is -2.27. The van der Waals surface area contributed by atoms with E-state index in [1.54, 1.807) is 16.7 Å². The number of nitrogens with zero attached hydrogens (tertiary/aromatic N) is 1. The lowest BCUT2D eigenvalue weighted by atomic mass is 10.1. The van der Waals surface area contributed by atoms with Crippen LogP contribution >= 0.6 is 11.8 Å². The molecule has 0 aromatic heterocycles. The van der Waals surface area contributed by atoms with Gasteiger partial charge in [-0.2, -0.15) is 0 Å². The van der Waals surface area contributed by atoms with Gasteiger partial charge in [0.1, 0.15) is 6.54 Å². The molecule has 0 aromatic rings. The molecule has 1 rings (SSSR count). The van der Waals surface area contributed by atoms with E-state index in [1.807, 2.05) is 6.92 Å². The Morgan fingerprint density at radius 1 is 1.41 bits per heavy atom. The predicted molar refractivity (Wildman–Crippen MR) is 69.0 cm³/mol. The first-order chi connectivity index (χ1) is 8.19. The predicted octanol–water partition coefficient (Wildman–Crippen LogP) is 1.68. The van der Waals surface area contributed by atoms with E-state index in [4.69, 9.17) is 0 Å². The fourth-order valence-corrected chi connectivity index (χ4v) is 3.18. The molecule has 0 aromatic carbocycles. The number of hydrogen-bond acceptors (Lipinski definition) is 4. The van der Waals surface area contributed by atoms with Crippen LogP contribution < -0.4 is 0 Å². The van der Waals surface area contributed by atoms with Crippen LogP contribution in [0.1, 0.15) is 32.6 Å². The van der Waals surface area contributed by atoms with Crippen LogP contribution in [0.4, 0.5) is 0 Å². The second-order valence-corrected chi connectivity index (χ2v) is 5.50. The first-order valence-corrected chi connectivity index (χ1v) is 7.21. The summed E-state index contributed by atoms with van der Waals surface area (Å²) in [5, 5.41) is 0.0416. The van der Waals surface area contributed by atoms with Gasteiger partial charge in [-0.05, 0) is 25.0 Å². The highest BCUT2D eigenvalue weighted by atomic mass is 32.2.